The molecule has 4 fully saturated rings. The fourth-order valence-corrected chi connectivity index (χ4v) is 6.54. The van der Waals surface area contributed by atoms with Gasteiger partial charge in [0.15, 0.2) is 0 Å². The number of fused-ring (bicyclic) bond motifs is 3. The van der Waals surface area contributed by atoms with Gasteiger partial charge >= 0.3 is 11.8 Å². The Labute approximate surface area is 197 Å². The van der Waals surface area contributed by atoms with E-state index < -0.39 is 29.3 Å². The molecule has 2 saturated carbocycles. The summed E-state index contributed by atoms with van der Waals surface area (Å²) < 4.78 is 0. The molecule has 1 spiro atoms. The summed E-state index contributed by atoms with van der Waals surface area (Å²) in [5.74, 6) is -1.84. The molecule has 34 heavy (non-hydrogen) atoms. The predicted octanol–water partition coefficient (Wildman–Crippen LogP) is 0.763. The number of hydrogen-bond acceptors (Lipinski definition) is 5. The second-order valence-corrected chi connectivity index (χ2v) is 11.0. The first-order valence-corrected chi connectivity index (χ1v) is 11.9. The van der Waals surface area contributed by atoms with Gasteiger partial charge in [-0.3, -0.25) is 19.2 Å². The SMILES string of the molecule is CC1(C)[C@@H]2[C@@H](C(=O)N3C[C@]4(C[C@H]3C#N)C(=O)Nc3ccccc34)N(C(=O)C(=O)NC3CC3)C[C@@H]21. The third-order valence-electron chi connectivity index (χ3n) is 8.75. The lowest BCUT2D eigenvalue weighted by Crippen LogP contribution is -2.55. The molecule has 6 rings (SSSR count). The third-order valence-corrected chi connectivity index (χ3v) is 8.75. The quantitative estimate of drug-likeness (QED) is 0.630. The van der Waals surface area contributed by atoms with Crippen LogP contribution in [0.3, 0.4) is 0 Å². The highest BCUT2D eigenvalue weighted by Crippen LogP contribution is 2.65. The first kappa shape index (κ1) is 21.1. The Morgan fingerprint density at radius 1 is 1.18 bits per heavy atom. The number of nitrogens with one attached hydrogen (secondary N) is 2. The lowest BCUT2D eigenvalue weighted by atomic mass is 9.80. The molecule has 3 heterocycles. The molecule has 2 N–H and O–H groups in total. The van der Waals surface area contributed by atoms with Crippen molar-refractivity contribution >= 4 is 29.3 Å². The lowest BCUT2D eigenvalue weighted by Gasteiger charge is -2.33. The van der Waals surface area contributed by atoms with Crippen molar-refractivity contribution in [1.29, 1.82) is 5.26 Å². The molecule has 1 aromatic rings. The number of carbonyl (C=O) groups is 4. The van der Waals surface area contributed by atoms with Crippen LogP contribution in [0.1, 0.15) is 38.7 Å². The van der Waals surface area contributed by atoms with E-state index in [0.717, 1.165) is 18.4 Å². The van der Waals surface area contributed by atoms with Gasteiger partial charge in [0.1, 0.15) is 12.1 Å². The van der Waals surface area contributed by atoms with Crippen molar-refractivity contribution in [3.63, 3.8) is 0 Å². The Morgan fingerprint density at radius 2 is 1.91 bits per heavy atom. The van der Waals surface area contributed by atoms with Gasteiger partial charge in [-0.1, -0.05) is 32.0 Å². The van der Waals surface area contributed by atoms with Crippen LogP contribution in [-0.4, -0.2) is 64.6 Å². The van der Waals surface area contributed by atoms with Crippen molar-refractivity contribution in [3.8, 4) is 6.07 Å². The summed E-state index contributed by atoms with van der Waals surface area (Å²) in [6, 6.07) is 8.03. The van der Waals surface area contributed by atoms with Gasteiger partial charge in [0.2, 0.25) is 11.8 Å². The number of nitriles is 1. The first-order chi connectivity index (χ1) is 16.2. The molecule has 2 saturated heterocycles. The van der Waals surface area contributed by atoms with E-state index in [1.165, 1.54) is 9.80 Å². The van der Waals surface area contributed by atoms with Gasteiger partial charge in [-0.25, -0.2) is 0 Å². The summed E-state index contributed by atoms with van der Waals surface area (Å²) in [5, 5.41) is 15.6. The van der Waals surface area contributed by atoms with E-state index in [-0.39, 0.29) is 48.1 Å². The molecule has 9 heteroatoms. The Morgan fingerprint density at radius 3 is 2.62 bits per heavy atom. The molecular weight excluding hydrogens is 434 g/mol. The van der Waals surface area contributed by atoms with E-state index >= 15 is 0 Å². The zero-order valence-corrected chi connectivity index (χ0v) is 19.2. The molecule has 5 aliphatic rings. The molecular formula is C25H27N5O4. The number of nitrogens with zero attached hydrogens (tertiary/aromatic N) is 3. The monoisotopic (exact) mass is 461 g/mol. The van der Waals surface area contributed by atoms with Gasteiger partial charge in [-0.15, -0.1) is 0 Å². The number of hydrogen-bond donors (Lipinski definition) is 2. The molecule has 4 amide bonds. The van der Waals surface area contributed by atoms with Gasteiger partial charge in [0.25, 0.3) is 0 Å². The van der Waals surface area contributed by atoms with Crippen LogP contribution in [0.15, 0.2) is 24.3 Å². The summed E-state index contributed by atoms with van der Waals surface area (Å²) in [4.78, 5) is 55.5. The maximum Gasteiger partial charge on any atom is 0.312 e. The fourth-order valence-electron chi connectivity index (χ4n) is 6.54. The highest BCUT2D eigenvalue weighted by Gasteiger charge is 2.71. The Bertz CT molecular complexity index is 1180. The average molecular weight is 462 g/mol. The van der Waals surface area contributed by atoms with Crippen LogP contribution < -0.4 is 10.6 Å². The number of anilines is 1. The molecule has 0 aromatic heterocycles. The van der Waals surface area contributed by atoms with E-state index in [0.29, 0.717) is 12.2 Å². The van der Waals surface area contributed by atoms with Crippen LogP contribution in [0, 0.1) is 28.6 Å². The maximum atomic E-state index is 14.0. The summed E-state index contributed by atoms with van der Waals surface area (Å²) in [6.45, 7) is 4.58. The Balaban J connectivity index is 1.31. The number of amides is 4. The molecule has 0 unspecified atom stereocenters. The number of piperidine rings is 1. The number of rotatable bonds is 2. The zero-order valence-electron chi connectivity index (χ0n) is 19.2. The minimum absolute atomic E-state index is 0.0431. The maximum absolute atomic E-state index is 14.0. The second-order valence-electron chi connectivity index (χ2n) is 11.0. The van der Waals surface area contributed by atoms with Gasteiger partial charge in [-0.05, 0) is 41.7 Å². The van der Waals surface area contributed by atoms with Crippen molar-refractivity contribution in [3.05, 3.63) is 29.8 Å². The summed E-state index contributed by atoms with van der Waals surface area (Å²) >= 11 is 0. The van der Waals surface area contributed by atoms with Gasteiger partial charge < -0.3 is 20.4 Å². The topological polar surface area (TPSA) is 123 Å². The number of likely N-dealkylation sites (tertiary alicyclic amines) is 2. The molecule has 176 valence electrons. The van der Waals surface area contributed by atoms with Crippen molar-refractivity contribution in [2.45, 2.75) is 56.7 Å². The number of carbonyl (C=O) groups excluding carboxylic acids is 4. The van der Waals surface area contributed by atoms with Crippen LogP contribution in [0.5, 0.6) is 0 Å². The van der Waals surface area contributed by atoms with E-state index in [2.05, 4.69) is 30.6 Å². The van der Waals surface area contributed by atoms with E-state index in [4.69, 9.17) is 0 Å². The molecule has 9 nitrogen and oxygen atoms in total. The van der Waals surface area contributed by atoms with Gasteiger partial charge in [0.05, 0.1) is 11.5 Å². The van der Waals surface area contributed by atoms with Crippen LogP contribution in [0.2, 0.25) is 0 Å². The minimum atomic E-state index is -0.984. The minimum Gasteiger partial charge on any atom is -0.345 e. The van der Waals surface area contributed by atoms with Crippen LogP contribution >= 0.6 is 0 Å². The van der Waals surface area contributed by atoms with E-state index in [9.17, 15) is 24.4 Å². The van der Waals surface area contributed by atoms with E-state index in [1.54, 1.807) is 0 Å². The van der Waals surface area contributed by atoms with Gasteiger partial charge in [-0.2, -0.15) is 5.26 Å². The Kier molecular flexibility index (Phi) is 4.24. The predicted molar refractivity (Wildman–Crippen MR) is 120 cm³/mol. The van der Waals surface area contributed by atoms with Crippen molar-refractivity contribution in [2.75, 3.05) is 18.4 Å². The Hall–Kier alpha value is -3.41. The summed E-state index contributed by atoms with van der Waals surface area (Å²) in [7, 11) is 0. The summed E-state index contributed by atoms with van der Waals surface area (Å²) in [6.07, 6.45) is 1.93. The van der Waals surface area contributed by atoms with Crippen LogP contribution in [-0.2, 0) is 24.6 Å². The smallest absolute Gasteiger partial charge is 0.312 e. The molecule has 2 aliphatic carbocycles. The lowest BCUT2D eigenvalue weighted by molar-refractivity contribution is -0.152. The first-order valence-electron chi connectivity index (χ1n) is 11.9. The van der Waals surface area contributed by atoms with Gasteiger partial charge in [0, 0.05) is 31.2 Å². The van der Waals surface area contributed by atoms with Crippen molar-refractivity contribution in [1.82, 2.24) is 15.1 Å². The molecule has 5 atom stereocenters. The van der Waals surface area contributed by atoms with Crippen molar-refractivity contribution in [2.24, 2.45) is 17.3 Å². The highest BCUT2D eigenvalue weighted by atomic mass is 16.2. The normalized spacial score (nSPS) is 34.3. The molecule has 1 aromatic carbocycles. The largest absolute Gasteiger partial charge is 0.345 e. The van der Waals surface area contributed by atoms with Crippen molar-refractivity contribution < 1.29 is 19.2 Å². The highest BCUT2D eigenvalue weighted by molar-refractivity contribution is 6.35. The standard InChI is InChI=1S/C25H27N5O4/c1-24(2)16-11-29(22(33)20(31)27-13-7-8-13)19(18(16)24)21(32)30-12-25(9-14(30)10-26)15-5-3-4-6-17(15)28-23(25)34/h3-6,13-14,16,18-19H,7-9,11-12H2,1-2H3,(H,27,31)(H,28,34)/t14-,16-,18-,19-,25-/m0/s1. The fraction of sp³-hybridized carbons (Fsp3) is 0.560. The summed E-state index contributed by atoms with van der Waals surface area (Å²) in [5.41, 5.74) is 0.391. The third kappa shape index (κ3) is 2.77. The van der Waals surface area contributed by atoms with Crippen LogP contribution in [0.25, 0.3) is 0 Å². The number of para-hydroxylation sites is 1. The number of benzene rings is 1. The molecule has 0 radical (unpaired) electrons. The van der Waals surface area contributed by atoms with E-state index in [1.807, 2.05) is 24.3 Å². The zero-order chi connectivity index (χ0) is 24.0. The van der Waals surface area contributed by atoms with Crippen LogP contribution in [0.4, 0.5) is 5.69 Å². The molecule has 0 bridgehead atoms. The second kappa shape index (κ2) is 6.81. The average Bonchev–Trinajstić information content (AvgIpc) is 3.53. The molecule has 3 aliphatic heterocycles.